The Hall–Kier alpha value is -6.16. The van der Waals surface area contributed by atoms with Crippen LogP contribution in [0, 0.1) is 6.07 Å². The molecule has 0 spiro atoms. The quantitative estimate of drug-likeness (QED) is 0.0515. The smallest absolute Gasteiger partial charge is 0.418 e. The van der Waals surface area contributed by atoms with Crippen molar-refractivity contribution < 1.29 is 52.0 Å². The van der Waals surface area contributed by atoms with Crippen LogP contribution < -0.4 is 0 Å². The summed E-state index contributed by atoms with van der Waals surface area (Å²) in [5.41, 5.74) is 4.21. The number of para-hydroxylation sites is 3. The molecule has 68 heavy (non-hydrogen) atoms. The van der Waals surface area contributed by atoms with E-state index in [1.165, 1.54) is 0 Å². The number of hydrogen-bond acceptors (Lipinski definition) is 3. The molecule has 10 rings (SSSR count). The molecule has 0 bridgehead atoms. The third-order valence-corrected chi connectivity index (χ3v) is 13.7. The molecule has 0 aliphatic carbocycles. The summed E-state index contributed by atoms with van der Waals surface area (Å²) in [4.78, 5) is 16.0. The SMILES string of the molecule is CC(C)(C)c1cc(-c2cc(-c3ccc4c(c3)c3ccc5c6ccccc6n6c7ccccc7n4c3c56)c(C(F)(F)F)cn2)[c-]c2ccccc12.CCC(F)(CC)C(=O)/C=C(\O)C(F)(CC)CC.[Ir]. The summed E-state index contributed by atoms with van der Waals surface area (Å²) in [7, 11) is 0. The molecule has 0 saturated carbocycles. The van der Waals surface area contributed by atoms with Gasteiger partial charge in [-0.2, -0.15) is 13.2 Å². The number of aliphatic hydroxyl groups excluding tert-OH is 1. The van der Waals surface area contributed by atoms with Gasteiger partial charge < -0.3 is 13.9 Å². The fraction of sp³-hybridized carbons (Fsp3) is 0.263. The number of halogens is 5. The number of allylic oxidation sites excluding steroid dienone is 2. The van der Waals surface area contributed by atoms with Crippen LogP contribution in [-0.4, -0.2) is 36.0 Å². The van der Waals surface area contributed by atoms with Gasteiger partial charge in [0.15, 0.2) is 17.1 Å². The number of nitrogens with zero attached hydrogens (tertiary/aromatic N) is 3. The van der Waals surface area contributed by atoms with E-state index < -0.39 is 34.6 Å². The fourth-order valence-electron chi connectivity index (χ4n) is 9.71. The topological polar surface area (TPSA) is 59.0 Å². The Morgan fingerprint density at radius 1 is 0.618 bits per heavy atom. The molecule has 1 N–H and O–H groups in total. The van der Waals surface area contributed by atoms with Crippen molar-refractivity contribution in [2.45, 2.75) is 97.1 Å². The molecule has 0 unspecified atom stereocenters. The molecule has 0 fully saturated rings. The molecule has 1 radical (unpaired) electrons. The molecule has 0 amide bonds. The predicted molar refractivity (Wildman–Crippen MR) is 263 cm³/mol. The normalized spacial score (nSPS) is 13.0. The van der Waals surface area contributed by atoms with E-state index in [1.807, 2.05) is 54.6 Å². The molecule has 6 aromatic carbocycles. The average molecular weight is 1100 g/mol. The van der Waals surface area contributed by atoms with Crippen molar-refractivity contribution in [2.75, 3.05) is 0 Å². The maximum Gasteiger partial charge on any atom is 0.418 e. The van der Waals surface area contributed by atoms with E-state index >= 15 is 0 Å². The molecule has 0 atom stereocenters. The average Bonchev–Trinajstić information content (AvgIpc) is 3.85. The predicted octanol–water partition coefficient (Wildman–Crippen LogP) is 16.3. The maximum absolute atomic E-state index is 14.7. The number of hydrogen-bond donors (Lipinski definition) is 1. The van der Waals surface area contributed by atoms with Gasteiger partial charge in [0, 0.05) is 59.6 Å². The van der Waals surface area contributed by atoms with E-state index in [1.54, 1.807) is 33.8 Å². The van der Waals surface area contributed by atoms with E-state index in [-0.39, 0.29) is 56.8 Å². The number of aromatic nitrogens is 3. The first-order chi connectivity index (χ1) is 31.9. The standard InChI is InChI=1S/C44H29F3N3.C13H22F2O2.Ir/c1-43(2,3)34-22-27(20-25-10-4-5-11-28(25)34)36-23-32(35(24-48-36)44(45,46)47)26-16-19-38-33(21-26)31-18-17-30-29-12-6-7-13-37(29)49-39-14-8-9-15-40(39)50(38)42(31)41(30)49;1-5-12(14,6-2)10(16)9-11(17)13(15,7-3)8-4;/h4-19,21-24H,1-3H3;9,16H,5-8H2,1-4H3;/q-1;;/b;10-9-;. The zero-order valence-electron chi connectivity index (χ0n) is 38.9. The van der Waals surface area contributed by atoms with Gasteiger partial charge in [0.2, 0.25) is 0 Å². The van der Waals surface area contributed by atoms with Gasteiger partial charge in [0.05, 0.1) is 38.7 Å². The van der Waals surface area contributed by atoms with Crippen molar-refractivity contribution in [1.82, 2.24) is 13.8 Å². The van der Waals surface area contributed by atoms with Gasteiger partial charge in [-0.25, -0.2) is 8.78 Å². The summed E-state index contributed by atoms with van der Waals surface area (Å²) in [6.07, 6.45) is -2.77. The Labute approximate surface area is 405 Å². The molecule has 5 nitrogen and oxygen atoms in total. The van der Waals surface area contributed by atoms with Crippen LogP contribution in [0.5, 0.6) is 0 Å². The second-order valence-corrected chi connectivity index (χ2v) is 18.5. The summed E-state index contributed by atoms with van der Waals surface area (Å²) in [6.45, 7) is 12.7. The zero-order valence-corrected chi connectivity index (χ0v) is 41.3. The van der Waals surface area contributed by atoms with Crippen LogP contribution in [0.4, 0.5) is 22.0 Å². The first kappa shape index (κ1) is 48.3. The van der Waals surface area contributed by atoms with Crippen molar-refractivity contribution in [1.29, 1.82) is 0 Å². The molecule has 11 heteroatoms. The maximum atomic E-state index is 14.7. The Bertz CT molecular complexity index is 3570. The van der Waals surface area contributed by atoms with Gasteiger partial charge in [0.1, 0.15) is 5.76 Å². The van der Waals surface area contributed by atoms with E-state index in [4.69, 9.17) is 0 Å². The monoisotopic (exact) mass is 1100 g/mol. The van der Waals surface area contributed by atoms with Crippen molar-refractivity contribution in [3.8, 4) is 22.4 Å². The number of carbonyl (C=O) groups excluding carboxylic acids is 1. The number of carbonyl (C=O) groups is 1. The van der Waals surface area contributed by atoms with Gasteiger partial charge in [-0.05, 0) is 72.6 Å². The van der Waals surface area contributed by atoms with E-state index in [0.717, 1.165) is 77.2 Å². The van der Waals surface area contributed by atoms with Crippen LogP contribution in [0.1, 0.15) is 85.3 Å². The molecule has 351 valence electrons. The summed E-state index contributed by atoms with van der Waals surface area (Å²) < 4.78 is 76.7. The molecule has 0 aliphatic heterocycles. The number of benzene rings is 6. The molecular weight excluding hydrogens is 1050 g/mol. The number of ketones is 1. The third kappa shape index (κ3) is 7.91. The van der Waals surface area contributed by atoms with Crippen LogP contribution in [0.25, 0.3) is 87.8 Å². The van der Waals surface area contributed by atoms with Crippen molar-refractivity contribution >= 4 is 71.2 Å². The third-order valence-electron chi connectivity index (χ3n) is 13.7. The number of pyridine rings is 1. The minimum Gasteiger partial charge on any atom is -0.509 e. The van der Waals surface area contributed by atoms with Crippen LogP contribution in [0.3, 0.4) is 0 Å². The summed E-state index contributed by atoms with van der Waals surface area (Å²) in [6, 6.07) is 41.8. The van der Waals surface area contributed by atoms with Crippen LogP contribution in [0.15, 0.2) is 133 Å². The molecule has 4 heterocycles. The van der Waals surface area contributed by atoms with E-state index in [0.29, 0.717) is 22.9 Å². The Kier molecular flexibility index (Phi) is 12.6. The van der Waals surface area contributed by atoms with Crippen LogP contribution in [-0.2, 0) is 36.5 Å². The number of fused-ring (bicyclic) bond motifs is 10. The van der Waals surface area contributed by atoms with E-state index in [9.17, 15) is 31.9 Å². The second-order valence-electron chi connectivity index (χ2n) is 18.5. The fourth-order valence-corrected chi connectivity index (χ4v) is 9.71. The van der Waals surface area contributed by atoms with Crippen molar-refractivity contribution in [3.05, 3.63) is 150 Å². The van der Waals surface area contributed by atoms with Crippen molar-refractivity contribution in [2.24, 2.45) is 0 Å². The largest absolute Gasteiger partial charge is 0.509 e. The van der Waals surface area contributed by atoms with Crippen LogP contribution in [0.2, 0.25) is 0 Å². The minimum absolute atomic E-state index is 0. The molecule has 10 aromatic rings. The first-order valence-corrected chi connectivity index (χ1v) is 22.8. The minimum atomic E-state index is -4.59. The molecule has 4 aromatic heterocycles. The molecule has 0 aliphatic rings. The summed E-state index contributed by atoms with van der Waals surface area (Å²) >= 11 is 0. The number of rotatable bonds is 9. The zero-order chi connectivity index (χ0) is 47.8. The van der Waals surface area contributed by atoms with Gasteiger partial charge in [-0.15, -0.1) is 29.1 Å². The molecule has 0 saturated heterocycles. The molecular formula is C57H51F5IrN3O2-. The Morgan fingerprint density at radius 2 is 1.15 bits per heavy atom. The first-order valence-electron chi connectivity index (χ1n) is 22.8. The second kappa shape index (κ2) is 17.7. The van der Waals surface area contributed by atoms with Gasteiger partial charge in [0.25, 0.3) is 0 Å². The Morgan fingerprint density at radius 3 is 1.72 bits per heavy atom. The van der Waals surface area contributed by atoms with Crippen molar-refractivity contribution in [3.63, 3.8) is 0 Å². The summed E-state index contributed by atoms with van der Waals surface area (Å²) in [5, 5.41) is 15.8. The Balaban J connectivity index is 0.000000299. The van der Waals surface area contributed by atoms with E-state index in [2.05, 4.69) is 95.2 Å². The van der Waals surface area contributed by atoms with Gasteiger partial charge in [-0.3, -0.25) is 9.78 Å². The van der Waals surface area contributed by atoms with Gasteiger partial charge in [-0.1, -0.05) is 132 Å². The van der Waals surface area contributed by atoms with Gasteiger partial charge >= 0.3 is 6.18 Å². The summed E-state index contributed by atoms with van der Waals surface area (Å²) in [5.74, 6) is -1.53. The van der Waals surface area contributed by atoms with Crippen LogP contribution >= 0.6 is 0 Å². The number of alkyl halides is 5. The number of aliphatic hydroxyl groups is 1.